The number of carbonyl (C=O) groups is 1. The maximum Gasteiger partial charge on any atom is 0.306 e. The largest absolute Gasteiger partial charge is 0.469 e. The van der Waals surface area contributed by atoms with Gasteiger partial charge in [-0.3, -0.25) is 4.79 Å². The van der Waals surface area contributed by atoms with Crippen LogP contribution in [0.1, 0.15) is 32.4 Å². The van der Waals surface area contributed by atoms with Gasteiger partial charge in [-0.15, -0.1) is 0 Å². The quantitative estimate of drug-likeness (QED) is 0.776. The third-order valence-electron chi connectivity index (χ3n) is 3.08. The lowest BCUT2D eigenvalue weighted by molar-refractivity contribution is -0.142. The first-order chi connectivity index (χ1) is 7.54. The molecule has 2 atom stereocenters. The molecule has 0 aromatic carbocycles. The lowest BCUT2D eigenvalue weighted by atomic mass is 9.76. The van der Waals surface area contributed by atoms with Crippen molar-refractivity contribution in [1.29, 1.82) is 0 Å². The van der Waals surface area contributed by atoms with E-state index in [4.69, 9.17) is 14.9 Å². The molecule has 4 heteroatoms. The standard InChI is InChI=1S/C12H19NO3/c1-4-9(13)12(2,8-11(14)15-3)10-6-5-7-16-10/h5-7,9H,4,8,13H2,1-3H3. The summed E-state index contributed by atoms with van der Waals surface area (Å²) in [5.74, 6) is 0.454. The zero-order valence-corrected chi connectivity index (χ0v) is 10.0. The number of furan rings is 1. The summed E-state index contributed by atoms with van der Waals surface area (Å²) in [6.45, 7) is 3.92. The van der Waals surface area contributed by atoms with Gasteiger partial charge in [-0.05, 0) is 18.6 Å². The van der Waals surface area contributed by atoms with Crippen molar-refractivity contribution in [3.05, 3.63) is 24.2 Å². The number of esters is 1. The summed E-state index contributed by atoms with van der Waals surface area (Å²) in [7, 11) is 1.38. The van der Waals surface area contributed by atoms with Gasteiger partial charge in [0.1, 0.15) is 5.76 Å². The molecule has 2 unspecified atom stereocenters. The monoisotopic (exact) mass is 225 g/mol. The maximum atomic E-state index is 11.4. The smallest absolute Gasteiger partial charge is 0.306 e. The van der Waals surface area contributed by atoms with Crippen molar-refractivity contribution in [2.45, 2.75) is 38.1 Å². The Morgan fingerprint density at radius 2 is 2.38 bits per heavy atom. The summed E-state index contributed by atoms with van der Waals surface area (Å²) in [5, 5.41) is 0. The number of nitrogens with two attached hydrogens (primary N) is 1. The highest BCUT2D eigenvalue weighted by molar-refractivity contribution is 5.71. The molecule has 0 aliphatic carbocycles. The van der Waals surface area contributed by atoms with Crippen molar-refractivity contribution in [1.82, 2.24) is 0 Å². The van der Waals surface area contributed by atoms with Crippen molar-refractivity contribution in [3.63, 3.8) is 0 Å². The van der Waals surface area contributed by atoms with Gasteiger partial charge in [0, 0.05) is 6.04 Å². The van der Waals surface area contributed by atoms with E-state index in [1.165, 1.54) is 7.11 Å². The Morgan fingerprint density at radius 1 is 1.69 bits per heavy atom. The zero-order chi connectivity index (χ0) is 12.2. The zero-order valence-electron chi connectivity index (χ0n) is 10.0. The van der Waals surface area contributed by atoms with E-state index in [1.54, 1.807) is 12.3 Å². The third kappa shape index (κ3) is 2.44. The van der Waals surface area contributed by atoms with Crippen molar-refractivity contribution >= 4 is 5.97 Å². The van der Waals surface area contributed by atoms with E-state index in [1.807, 2.05) is 19.9 Å². The summed E-state index contributed by atoms with van der Waals surface area (Å²) < 4.78 is 10.1. The predicted octanol–water partition coefficient (Wildman–Crippen LogP) is 1.84. The molecule has 0 saturated heterocycles. The van der Waals surface area contributed by atoms with Gasteiger partial charge in [0.25, 0.3) is 0 Å². The highest BCUT2D eigenvalue weighted by atomic mass is 16.5. The average Bonchev–Trinajstić information content (AvgIpc) is 2.81. The third-order valence-corrected chi connectivity index (χ3v) is 3.08. The molecular formula is C12H19NO3. The first-order valence-corrected chi connectivity index (χ1v) is 5.41. The minimum atomic E-state index is -0.509. The normalized spacial score (nSPS) is 16.5. The highest BCUT2D eigenvalue weighted by Crippen LogP contribution is 2.32. The second-order valence-corrected chi connectivity index (χ2v) is 4.16. The van der Waals surface area contributed by atoms with Crippen LogP contribution in [0.2, 0.25) is 0 Å². The fourth-order valence-electron chi connectivity index (χ4n) is 1.83. The molecule has 0 bridgehead atoms. The van der Waals surface area contributed by atoms with E-state index in [9.17, 15) is 4.79 Å². The van der Waals surface area contributed by atoms with Gasteiger partial charge in [0.15, 0.2) is 0 Å². The molecule has 0 spiro atoms. The van der Waals surface area contributed by atoms with Crippen LogP contribution in [0.25, 0.3) is 0 Å². The molecule has 1 heterocycles. The molecule has 0 saturated carbocycles. The van der Waals surface area contributed by atoms with Gasteiger partial charge in [-0.25, -0.2) is 0 Å². The fourth-order valence-corrected chi connectivity index (χ4v) is 1.83. The number of hydrogen-bond acceptors (Lipinski definition) is 4. The lowest BCUT2D eigenvalue weighted by Gasteiger charge is -2.32. The Balaban J connectivity index is 2.98. The predicted molar refractivity (Wildman–Crippen MR) is 61.0 cm³/mol. The molecule has 2 N–H and O–H groups in total. The number of ether oxygens (including phenoxy) is 1. The summed E-state index contributed by atoms with van der Waals surface area (Å²) in [6.07, 6.45) is 2.59. The average molecular weight is 225 g/mol. The molecule has 1 rings (SSSR count). The molecule has 16 heavy (non-hydrogen) atoms. The Hall–Kier alpha value is -1.29. The minimum absolute atomic E-state index is 0.141. The van der Waals surface area contributed by atoms with Gasteiger partial charge in [-0.1, -0.05) is 13.8 Å². The summed E-state index contributed by atoms with van der Waals surface area (Å²) in [4.78, 5) is 11.4. The molecule has 0 radical (unpaired) electrons. The van der Waals surface area contributed by atoms with Crippen LogP contribution in [0.3, 0.4) is 0 Å². The molecule has 1 aromatic rings. The number of rotatable bonds is 5. The van der Waals surface area contributed by atoms with Crippen molar-refractivity contribution in [2.24, 2.45) is 5.73 Å². The second-order valence-electron chi connectivity index (χ2n) is 4.16. The van der Waals surface area contributed by atoms with Crippen LogP contribution in [-0.4, -0.2) is 19.1 Å². The van der Waals surface area contributed by atoms with Gasteiger partial charge in [0.2, 0.25) is 0 Å². The van der Waals surface area contributed by atoms with Crippen LogP contribution in [-0.2, 0) is 14.9 Å². The number of carbonyl (C=O) groups excluding carboxylic acids is 1. The molecular weight excluding hydrogens is 206 g/mol. The van der Waals surface area contributed by atoms with Gasteiger partial charge >= 0.3 is 5.97 Å². The van der Waals surface area contributed by atoms with E-state index in [0.717, 1.165) is 12.2 Å². The van der Waals surface area contributed by atoms with E-state index in [-0.39, 0.29) is 18.4 Å². The van der Waals surface area contributed by atoms with E-state index in [2.05, 4.69) is 0 Å². The van der Waals surface area contributed by atoms with Crippen LogP contribution in [0.5, 0.6) is 0 Å². The summed E-state index contributed by atoms with van der Waals surface area (Å²) in [5.41, 5.74) is 5.57. The Kier molecular flexibility index (Phi) is 4.12. The van der Waals surface area contributed by atoms with Crippen molar-refractivity contribution in [3.8, 4) is 0 Å². The number of hydrogen-bond donors (Lipinski definition) is 1. The summed E-state index contributed by atoms with van der Waals surface area (Å²) >= 11 is 0. The summed E-state index contributed by atoms with van der Waals surface area (Å²) in [6, 6.07) is 3.50. The van der Waals surface area contributed by atoms with E-state index < -0.39 is 5.41 Å². The van der Waals surface area contributed by atoms with Crippen LogP contribution in [0.4, 0.5) is 0 Å². The highest BCUT2D eigenvalue weighted by Gasteiger charge is 2.38. The molecule has 0 amide bonds. The van der Waals surface area contributed by atoms with E-state index >= 15 is 0 Å². The van der Waals surface area contributed by atoms with Crippen LogP contribution >= 0.6 is 0 Å². The molecule has 0 aliphatic heterocycles. The molecule has 1 aromatic heterocycles. The fraction of sp³-hybridized carbons (Fsp3) is 0.583. The Bertz CT molecular complexity index is 334. The molecule has 4 nitrogen and oxygen atoms in total. The topological polar surface area (TPSA) is 65.5 Å². The Morgan fingerprint density at radius 3 is 2.81 bits per heavy atom. The van der Waals surface area contributed by atoms with Crippen molar-refractivity contribution in [2.75, 3.05) is 7.11 Å². The van der Waals surface area contributed by atoms with Crippen LogP contribution < -0.4 is 5.73 Å². The maximum absolute atomic E-state index is 11.4. The van der Waals surface area contributed by atoms with Gasteiger partial charge < -0.3 is 14.9 Å². The first-order valence-electron chi connectivity index (χ1n) is 5.41. The second kappa shape index (κ2) is 5.16. The SMILES string of the molecule is CCC(N)C(C)(CC(=O)OC)c1ccco1. The van der Waals surface area contributed by atoms with Crippen LogP contribution in [0, 0.1) is 0 Å². The molecule has 0 fully saturated rings. The Labute approximate surface area is 95.8 Å². The lowest BCUT2D eigenvalue weighted by Crippen LogP contribution is -2.44. The van der Waals surface area contributed by atoms with Gasteiger partial charge in [-0.2, -0.15) is 0 Å². The van der Waals surface area contributed by atoms with Gasteiger partial charge in [0.05, 0.1) is 25.2 Å². The van der Waals surface area contributed by atoms with Crippen LogP contribution in [0.15, 0.2) is 22.8 Å². The number of methoxy groups -OCH3 is 1. The van der Waals surface area contributed by atoms with Crippen molar-refractivity contribution < 1.29 is 13.9 Å². The first kappa shape index (κ1) is 12.8. The molecule has 90 valence electrons. The van der Waals surface area contributed by atoms with E-state index in [0.29, 0.717) is 0 Å². The molecule has 0 aliphatic rings. The minimum Gasteiger partial charge on any atom is -0.469 e.